The van der Waals surface area contributed by atoms with Crippen LogP contribution in [0.2, 0.25) is 0 Å². The Morgan fingerprint density at radius 3 is 2.89 bits per heavy atom. The Kier molecular flexibility index (Phi) is 2.74. The first kappa shape index (κ1) is 11.2. The van der Waals surface area contributed by atoms with Gasteiger partial charge >= 0.3 is 0 Å². The maximum absolute atomic E-state index is 5.55. The molecule has 1 aliphatic carbocycles. The van der Waals surface area contributed by atoms with Gasteiger partial charge in [0.15, 0.2) is 5.82 Å². The van der Waals surface area contributed by atoms with Crippen LogP contribution in [0.25, 0.3) is 11.5 Å². The normalized spacial score (nSPS) is 23.4. The van der Waals surface area contributed by atoms with E-state index < -0.39 is 0 Å². The molecule has 1 saturated carbocycles. The summed E-state index contributed by atoms with van der Waals surface area (Å²) in [6.07, 6.45) is 5.21. The third-order valence-electron chi connectivity index (χ3n) is 3.54. The van der Waals surface area contributed by atoms with Gasteiger partial charge in [-0.05, 0) is 37.3 Å². The van der Waals surface area contributed by atoms with Crippen LogP contribution < -0.4 is 5.73 Å². The number of hydrogen-bond acceptors (Lipinski definition) is 5. The molecule has 2 unspecified atom stereocenters. The van der Waals surface area contributed by atoms with E-state index in [9.17, 15) is 0 Å². The Hall–Kier alpha value is -1.91. The Morgan fingerprint density at radius 1 is 1.33 bits per heavy atom. The van der Waals surface area contributed by atoms with E-state index in [1.165, 1.54) is 6.42 Å². The van der Waals surface area contributed by atoms with Crippen molar-refractivity contribution < 1.29 is 4.52 Å². The summed E-state index contributed by atoms with van der Waals surface area (Å²) in [6, 6.07) is 3.58. The average molecular weight is 244 g/mol. The van der Waals surface area contributed by atoms with Crippen LogP contribution in [0.1, 0.15) is 37.9 Å². The average Bonchev–Trinajstić information content (AvgIpc) is 2.98. The number of nitrogen functional groups attached to an aromatic ring is 1. The summed E-state index contributed by atoms with van der Waals surface area (Å²) < 4.78 is 5.30. The predicted octanol–water partition coefficient (Wildman–Crippen LogP) is 2.62. The van der Waals surface area contributed by atoms with Crippen LogP contribution in [0.5, 0.6) is 0 Å². The van der Waals surface area contributed by atoms with Crippen molar-refractivity contribution in [3.63, 3.8) is 0 Å². The molecule has 0 aromatic carbocycles. The highest BCUT2D eigenvalue weighted by molar-refractivity contribution is 5.53. The van der Waals surface area contributed by atoms with E-state index in [0.717, 1.165) is 30.1 Å². The topological polar surface area (TPSA) is 77.8 Å². The third-order valence-corrected chi connectivity index (χ3v) is 3.54. The summed E-state index contributed by atoms with van der Waals surface area (Å²) in [5.74, 6) is 3.04. The summed E-state index contributed by atoms with van der Waals surface area (Å²) >= 11 is 0. The highest BCUT2D eigenvalue weighted by Crippen LogP contribution is 2.37. The number of anilines is 1. The van der Waals surface area contributed by atoms with E-state index >= 15 is 0 Å². The molecule has 2 N–H and O–H groups in total. The summed E-state index contributed by atoms with van der Waals surface area (Å²) in [6.45, 7) is 2.27. The molecule has 2 atom stereocenters. The summed E-state index contributed by atoms with van der Waals surface area (Å²) in [5.41, 5.74) is 6.36. The summed E-state index contributed by atoms with van der Waals surface area (Å²) in [4.78, 5) is 8.49. The van der Waals surface area contributed by atoms with Gasteiger partial charge in [0.25, 0.3) is 5.89 Å². The van der Waals surface area contributed by atoms with Crippen LogP contribution in [0.4, 0.5) is 5.82 Å². The van der Waals surface area contributed by atoms with Crippen LogP contribution in [-0.4, -0.2) is 15.1 Å². The maximum Gasteiger partial charge on any atom is 0.259 e. The lowest BCUT2D eigenvalue weighted by atomic mass is 10.1. The monoisotopic (exact) mass is 244 g/mol. The van der Waals surface area contributed by atoms with Crippen molar-refractivity contribution in [2.75, 3.05) is 5.73 Å². The molecule has 5 nitrogen and oxygen atoms in total. The van der Waals surface area contributed by atoms with Crippen molar-refractivity contribution in [1.29, 1.82) is 0 Å². The zero-order chi connectivity index (χ0) is 12.5. The third kappa shape index (κ3) is 2.08. The Morgan fingerprint density at radius 2 is 2.22 bits per heavy atom. The minimum Gasteiger partial charge on any atom is -0.384 e. The molecule has 3 rings (SSSR count). The molecule has 1 aliphatic rings. The largest absolute Gasteiger partial charge is 0.384 e. The number of nitrogens with two attached hydrogens (primary N) is 1. The second-order valence-corrected chi connectivity index (χ2v) is 5.04. The molecular weight excluding hydrogens is 228 g/mol. The summed E-state index contributed by atoms with van der Waals surface area (Å²) in [5, 5.41) is 4.09. The first-order valence-electron chi connectivity index (χ1n) is 6.28. The first-order valence-corrected chi connectivity index (χ1v) is 6.28. The van der Waals surface area contributed by atoms with Crippen molar-refractivity contribution in [1.82, 2.24) is 15.1 Å². The van der Waals surface area contributed by atoms with Gasteiger partial charge in [-0.15, -0.1) is 0 Å². The predicted molar refractivity (Wildman–Crippen MR) is 67.7 cm³/mol. The Labute approximate surface area is 105 Å². The zero-order valence-corrected chi connectivity index (χ0v) is 10.3. The molecule has 2 heterocycles. The number of rotatable bonds is 2. The van der Waals surface area contributed by atoms with Crippen LogP contribution in [0.15, 0.2) is 22.9 Å². The molecule has 1 fully saturated rings. The van der Waals surface area contributed by atoms with E-state index in [2.05, 4.69) is 22.0 Å². The second-order valence-electron chi connectivity index (χ2n) is 5.04. The molecule has 0 saturated heterocycles. The SMILES string of the molecule is CC1CCC(c2noc(-c3ccc(N)nc3)n2)C1. The molecular formula is C13H16N4O. The van der Waals surface area contributed by atoms with E-state index in [4.69, 9.17) is 10.3 Å². The van der Waals surface area contributed by atoms with Gasteiger partial charge in [0.05, 0.1) is 5.56 Å². The van der Waals surface area contributed by atoms with Gasteiger partial charge in [-0.1, -0.05) is 12.1 Å². The Balaban J connectivity index is 1.83. The number of hydrogen-bond donors (Lipinski definition) is 1. The van der Waals surface area contributed by atoms with Gasteiger partial charge in [0.2, 0.25) is 0 Å². The number of nitrogens with zero attached hydrogens (tertiary/aromatic N) is 3. The standard InChI is InChI=1S/C13H16N4O/c1-8-2-3-9(6-8)12-16-13(18-17-12)10-4-5-11(14)15-7-10/h4-5,7-9H,2-3,6H2,1H3,(H2,14,15). The molecule has 2 aromatic heterocycles. The molecule has 0 amide bonds. The smallest absolute Gasteiger partial charge is 0.259 e. The van der Waals surface area contributed by atoms with Crippen LogP contribution in [-0.2, 0) is 0 Å². The summed E-state index contributed by atoms with van der Waals surface area (Å²) in [7, 11) is 0. The molecule has 0 radical (unpaired) electrons. The van der Waals surface area contributed by atoms with E-state index in [1.807, 2.05) is 6.07 Å². The molecule has 0 spiro atoms. The molecule has 94 valence electrons. The van der Waals surface area contributed by atoms with Crippen LogP contribution in [0, 0.1) is 5.92 Å². The number of pyridine rings is 1. The van der Waals surface area contributed by atoms with Gasteiger partial charge in [-0.2, -0.15) is 4.98 Å². The lowest BCUT2D eigenvalue weighted by Gasteiger charge is -2.01. The minimum atomic E-state index is 0.444. The van der Waals surface area contributed by atoms with Crippen molar-refractivity contribution in [3.05, 3.63) is 24.2 Å². The fourth-order valence-corrected chi connectivity index (χ4v) is 2.49. The van der Waals surface area contributed by atoms with Crippen LogP contribution in [0.3, 0.4) is 0 Å². The van der Waals surface area contributed by atoms with Gasteiger partial charge < -0.3 is 10.3 Å². The molecule has 5 heteroatoms. The zero-order valence-electron chi connectivity index (χ0n) is 10.3. The first-order chi connectivity index (χ1) is 8.72. The van der Waals surface area contributed by atoms with Gasteiger partial charge in [-0.3, -0.25) is 0 Å². The highest BCUT2D eigenvalue weighted by atomic mass is 16.5. The molecule has 0 aliphatic heterocycles. The van der Waals surface area contributed by atoms with Crippen molar-refractivity contribution >= 4 is 5.82 Å². The number of aromatic nitrogens is 3. The van der Waals surface area contributed by atoms with Crippen molar-refractivity contribution in [3.8, 4) is 11.5 Å². The van der Waals surface area contributed by atoms with Gasteiger partial charge in [0.1, 0.15) is 5.82 Å². The van der Waals surface area contributed by atoms with E-state index in [0.29, 0.717) is 17.6 Å². The highest BCUT2D eigenvalue weighted by Gasteiger charge is 2.27. The fourth-order valence-electron chi connectivity index (χ4n) is 2.49. The van der Waals surface area contributed by atoms with Gasteiger partial charge in [0, 0.05) is 12.1 Å². The quantitative estimate of drug-likeness (QED) is 0.878. The van der Waals surface area contributed by atoms with Crippen molar-refractivity contribution in [2.45, 2.75) is 32.1 Å². The van der Waals surface area contributed by atoms with Gasteiger partial charge in [-0.25, -0.2) is 4.98 Å². The Bertz CT molecular complexity index is 534. The van der Waals surface area contributed by atoms with E-state index in [1.54, 1.807) is 12.3 Å². The lowest BCUT2D eigenvalue weighted by Crippen LogP contribution is -1.96. The second kappa shape index (κ2) is 4.40. The molecule has 18 heavy (non-hydrogen) atoms. The van der Waals surface area contributed by atoms with Crippen molar-refractivity contribution in [2.24, 2.45) is 5.92 Å². The molecule has 2 aromatic rings. The fraction of sp³-hybridized carbons (Fsp3) is 0.462. The maximum atomic E-state index is 5.55. The van der Waals surface area contributed by atoms with Crippen LogP contribution >= 0.6 is 0 Å². The minimum absolute atomic E-state index is 0.444. The lowest BCUT2D eigenvalue weighted by molar-refractivity contribution is 0.414. The molecule has 0 bridgehead atoms. The van der Waals surface area contributed by atoms with E-state index in [-0.39, 0.29) is 0 Å².